The second kappa shape index (κ2) is 8.39. The van der Waals surface area contributed by atoms with Crippen molar-refractivity contribution < 1.29 is 0 Å². The van der Waals surface area contributed by atoms with E-state index in [0.29, 0.717) is 18.2 Å². The summed E-state index contributed by atoms with van der Waals surface area (Å²) in [4.78, 5) is 6.73. The molecule has 1 aliphatic rings. The Morgan fingerprint density at radius 1 is 1.27 bits per heavy atom. The molecule has 2 aromatic rings. The summed E-state index contributed by atoms with van der Waals surface area (Å²) in [6.07, 6.45) is 1.08. The molecule has 1 heterocycles. The Bertz CT molecular complexity index is 804. The van der Waals surface area contributed by atoms with E-state index in [1.54, 1.807) is 7.05 Å². The van der Waals surface area contributed by atoms with Gasteiger partial charge in [0.15, 0.2) is 5.96 Å². The molecular weight excluding hydrogens is 322 g/mol. The number of aliphatic imine (C=N–C) groups is 1. The first-order chi connectivity index (χ1) is 12.7. The normalized spacial score (nSPS) is 17.0. The van der Waals surface area contributed by atoms with Crippen molar-refractivity contribution in [3.05, 3.63) is 65.2 Å². The third-order valence-corrected chi connectivity index (χ3v) is 4.67. The fraction of sp³-hybridized carbons (Fsp3) is 0.333. The topological polar surface area (TPSA) is 63.5 Å². The van der Waals surface area contributed by atoms with Gasteiger partial charge in [-0.3, -0.25) is 4.99 Å². The highest BCUT2D eigenvalue weighted by atomic mass is 15.2. The molecule has 0 aliphatic carbocycles. The van der Waals surface area contributed by atoms with Gasteiger partial charge in [0, 0.05) is 38.4 Å². The zero-order chi connectivity index (χ0) is 18.4. The molecule has 1 unspecified atom stereocenters. The summed E-state index contributed by atoms with van der Waals surface area (Å²) in [5, 5.41) is 15.8. The Labute approximate surface area is 155 Å². The van der Waals surface area contributed by atoms with Crippen molar-refractivity contribution in [3.8, 4) is 6.07 Å². The number of nitrogens with zero attached hydrogens (tertiary/aromatic N) is 3. The van der Waals surface area contributed by atoms with E-state index in [9.17, 15) is 0 Å². The van der Waals surface area contributed by atoms with E-state index in [1.807, 2.05) is 24.3 Å². The summed E-state index contributed by atoms with van der Waals surface area (Å²) in [6, 6.07) is 18.9. The minimum atomic E-state index is 0.368. The van der Waals surface area contributed by atoms with Gasteiger partial charge in [-0.1, -0.05) is 29.8 Å². The van der Waals surface area contributed by atoms with E-state index in [1.165, 1.54) is 11.3 Å². The van der Waals surface area contributed by atoms with Gasteiger partial charge >= 0.3 is 0 Å². The van der Waals surface area contributed by atoms with E-state index >= 15 is 0 Å². The van der Waals surface area contributed by atoms with Crippen molar-refractivity contribution in [3.63, 3.8) is 0 Å². The first-order valence-electron chi connectivity index (χ1n) is 8.96. The van der Waals surface area contributed by atoms with Crippen LogP contribution in [-0.4, -0.2) is 32.1 Å². The molecule has 2 N–H and O–H groups in total. The number of benzene rings is 2. The predicted octanol–water partition coefficient (Wildman–Crippen LogP) is 2.81. The summed E-state index contributed by atoms with van der Waals surface area (Å²) in [7, 11) is 1.79. The Morgan fingerprint density at radius 2 is 2.08 bits per heavy atom. The lowest BCUT2D eigenvalue weighted by atomic mass is 10.1. The molecule has 0 bridgehead atoms. The molecule has 1 fully saturated rings. The molecule has 26 heavy (non-hydrogen) atoms. The van der Waals surface area contributed by atoms with Crippen LogP contribution in [0.3, 0.4) is 0 Å². The van der Waals surface area contributed by atoms with Gasteiger partial charge in [-0.15, -0.1) is 0 Å². The standard InChI is InChI=1S/C21H25N5/c1-16-6-8-20(9-7-16)26-11-10-19(15-26)25-21(23-2)24-14-18-5-3-4-17(12-18)13-22/h3-9,12,19H,10-11,14-15H2,1-2H3,(H2,23,24,25). The summed E-state index contributed by atoms with van der Waals surface area (Å²) in [5.74, 6) is 0.795. The van der Waals surface area contributed by atoms with Gasteiger partial charge in [0.25, 0.3) is 0 Å². The maximum absolute atomic E-state index is 9.00. The number of aryl methyl sites for hydroxylation is 1. The molecule has 1 aliphatic heterocycles. The molecule has 134 valence electrons. The van der Waals surface area contributed by atoms with Crippen LogP contribution in [-0.2, 0) is 6.54 Å². The van der Waals surface area contributed by atoms with E-state index in [0.717, 1.165) is 31.0 Å². The number of nitrogens with one attached hydrogen (secondary N) is 2. The lowest BCUT2D eigenvalue weighted by Gasteiger charge is -2.20. The zero-order valence-corrected chi connectivity index (χ0v) is 15.4. The van der Waals surface area contributed by atoms with Crippen molar-refractivity contribution in [2.75, 3.05) is 25.0 Å². The average Bonchev–Trinajstić information content (AvgIpc) is 3.14. The Morgan fingerprint density at radius 3 is 2.81 bits per heavy atom. The van der Waals surface area contributed by atoms with E-state index in [4.69, 9.17) is 5.26 Å². The maximum Gasteiger partial charge on any atom is 0.191 e. The molecule has 0 saturated carbocycles. The Kier molecular flexibility index (Phi) is 5.75. The molecule has 0 spiro atoms. The van der Waals surface area contributed by atoms with Crippen molar-refractivity contribution in [1.82, 2.24) is 10.6 Å². The average molecular weight is 347 g/mol. The largest absolute Gasteiger partial charge is 0.369 e. The van der Waals surface area contributed by atoms with Gasteiger partial charge in [-0.2, -0.15) is 5.26 Å². The lowest BCUT2D eigenvalue weighted by Crippen LogP contribution is -2.44. The van der Waals surface area contributed by atoms with Gasteiger partial charge in [0.1, 0.15) is 0 Å². The summed E-state index contributed by atoms with van der Waals surface area (Å²) >= 11 is 0. The highest BCUT2D eigenvalue weighted by Crippen LogP contribution is 2.20. The van der Waals surface area contributed by atoms with Crippen molar-refractivity contribution in [2.24, 2.45) is 4.99 Å². The molecule has 5 nitrogen and oxygen atoms in total. The first-order valence-corrected chi connectivity index (χ1v) is 8.96. The molecule has 1 saturated heterocycles. The molecule has 3 rings (SSSR count). The highest BCUT2D eigenvalue weighted by Gasteiger charge is 2.23. The number of hydrogen-bond acceptors (Lipinski definition) is 3. The second-order valence-corrected chi connectivity index (χ2v) is 6.65. The van der Waals surface area contributed by atoms with Crippen LogP contribution >= 0.6 is 0 Å². The van der Waals surface area contributed by atoms with E-state index in [-0.39, 0.29) is 0 Å². The SMILES string of the molecule is CN=C(NCc1cccc(C#N)c1)NC1CCN(c2ccc(C)cc2)C1. The molecule has 2 aromatic carbocycles. The van der Waals surface area contributed by atoms with Crippen LogP contribution in [0.4, 0.5) is 5.69 Å². The van der Waals surface area contributed by atoms with Crippen LogP contribution < -0.4 is 15.5 Å². The molecule has 0 radical (unpaired) electrons. The lowest BCUT2D eigenvalue weighted by molar-refractivity contribution is 0.648. The first kappa shape index (κ1) is 17.8. The highest BCUT2D eigenvalue weighted by molar-refractivity contribution is 5.80. The summed E-state index contributed by atoms with van der Waals surface area (Å²) in [5.41, 5.74) is 4.31. The van der Waals surface area contributed by atoms with Crippen LogP contribution in [0, 0.1) is 18.3 Å². The van der Waals surface area contributed by atoms with Crippen LogP contribution in [0.5, 0.6) is 0 Å². The smallest absolute Gasteiger partial charge is 0.191 e. The quantitative estimate of drug-likeness (QED) is 0.659. The Balaban J connectivity index is 1.52. The van der Waals surface area contributed by atoms with Gasteiger partial charge in [-0.25, -0.2) is 0 Å². The molecule has 1 atom stereocenters. The van der Waals surface area contributed by atoms with Gasteiger partial charge in [0.05, 0.1) is 11.6 Å². The fourth-order valence-electron chi connectivity index (χ4n) is 3.19. The van der Waals surface area contributed by atoms with Crippen LogP contribution in [0.1, 0.15) is 23.1 Å². The molecular formula is C21H25N5. The fourth-order valence-corrected chi connectivity index (χ4v) is 3.19. The number of nitriles is 1. The molecule has 0 amide bonds. The summed E-state index contributed by atoms with van der Waals surface area (Å²) in [6.45, 7) is 4.76. The summed E-state index contributed by atoms with van der Waals surface area (Å²) < 4.78 is 0. The number of hydrogen-bond donors (Lipinski definition) is 2. The van der Waals surface area contributed by atoms with Crippen LogP contribution in [0.25, 0.3) is 0 Å². The van der Waals surface area contributed by atoms with Crippen LogP contribution in [0.2, 0.25) is 0 Å². The predicted molar refractivity (Wildman–Crippen MR) is 106 cm³/mol. The third kappa shape index (κ3) is 4.54. The number of guanidine groups is 1. The van der Waals surface area contributed by atoms with Gasteiger partial charge in [-0.05, 0) is 43.2 Å². The number of anilines is 1. The third-order valence-electron chi connectivity index (χ3n) is 4.67. The van der Waals surface area contributed by atoms with Gasteiger partial charge in [0.2, 0.25) is 0 Å². The van der Waals surface area contributed by atoms with Crippen molar-refractivity contribution >= 4 is 11.6 Å². The minimum Gasteiger partial charge on any atom is -0.369 e. The van der Waals surface area contributed by atoms with E-state index < -0.39 is 0 Å². The van der Waals surface area contributed by atoms with Gasteiger partial charge < -0.3 is 15.5 Å². The molecule has 0 aromatic heterocycles. The Hall–Kier alpha value is -3.00. The number of rotatable bonds is 4. The van der Waals surface area contributed by atoms with Crippen LogP contribution in [0.15, 0.2) is 53.5 Å². The van der Waals surface area contributed by atoms with Crippen molar-refractivity contribution in [1.29, 1.82) is 5.26 Å². The van der Waals surface area contributed by atoms with Crippen molar-refractivity contribution in [2.45, 2.75) is 25.9 Å². The second-order valence-electron chi connectivity index (χ2n) is 6.65. The van der Waals surface area contributed by atoms with E-state index in [2.05, 4.69) is 57.8 Å². The molecule has 5 heteroatoms. The monoisotopic (exact) mass is 347 g/mol. The maximum atomic E-state index is 9.00. The zero-order valence-electron chi connectivity index (χ0n) is 15.4. The minimum absolute atomic E-state index is 0.368.